The van der Waals surface area contributed by atoms with E-state index in [1.54, 1.807) is 25.1 Å². The normalized spacial score (nSPS) is 16.9. The molecule has 0 bridgehead atoms. The predicted molar refractivity (Wildman–Crippen MR) is 119 cm³/mol. The van der Waals surface area contributed by atoms with Crippen LogP contribution in [0.2, 0.25) is 0 Å². The summed E-state index contributed by atoms with van der Waals surface area (Å²) in [6.45, 7) is 4.34. The number of carbonyl (C=O) groups excluding carboxylic acids is 1. The van der Waals surface area contributed by atoms with Crippen molar-refractivity contribution in [2.75, 3.05) is 23.8 Å². The minimum atomic E-state index is -3.72. The van der Waals surface area contributed by atoms with Gasteiger partial charge < -0.3 is 14.8 Å². The van der Waals surface area contributed by atoms with Gasteiger partial charge in [-0.3, -0.25) is 9.10 Å². The van der Waals surface area contributed by atoms with Crippen molar-refractivity contribution in [1.82, 2.24) is 5.32 Å². The SMILES string of the molecule is C[C@H](NC(=O)[C@H](C)N(c1ccc2c(c1)OCCO2)S(C)(=O)=O)c1ccc2c(c1)CCC2. The van der Waals surface area contributed by atoms with E-state index < -0.39 is 16.1 Å². The average Bonchev–Trinajstić information content (AvgIpc) is 3.20. The fourth-order valence-corrected chi connectivity index (χ4v) is 5.42. The van der Waals surface area contributed by atoms with Gasteiger partial charge in [0.25, 0.3) is 0 Å². The smallest absolute Gasteiger partial charge is 0.244 e. The lowest BCUT2D eigenvalue weighted by Crippen LogP contribution is -2.48. The van der Waals surface area contributed by atoms with Gasteiger partial charge in [-0.25, -0.2) is 8.42 Å². The van der Waals surface area contributed by atoms with Crippen molar-refractivity contribution in [2.45, 2.75) is 45.2 Å². The van der Waals surface area contributed by atoms with Crippen LogP contribution in [-0.4, -0.2) is 39.8 Å². The highest BCUT2D eigenvalue weighted by atomic mass is 32.2. The minimum absolute atomic E-state index is 0.234. The largest absolute Gasteiger partial charge is 0.486 e. The molecule has 1 heterocycles. The van der Waals surface area contributed by atoms with Crippen molar-refractivity contribution in [3.05, 3.63) is 53.1 Å². The first kappa shape index (κ1) is 21.5. The Bertz CT molecular complexity index is 1100. The lowest BCUT2D eigenvalue weighted by atomic mass is 10.0. The molecule has 0 unspecified atom stereocenters. The van der Waals surface area contributed by atoms with E-state index in [2.05, 4.69) is 17.4 Å². The third-order valence-corrected chi connectivity index (χ3v) is 7.09. The molecule has 2 aromatic rings. The summed E-state index contributed by atoms with van der Waals surface area (Å²) in [7, 11) is -3.72. The number of ether oxygens (including phenoxy) is 2. The zero-order valence-corrected chi connectivity index (χ0v) is 18.9. The number of carbonyl (C=O) groups is 1. The molecule has 31 heavy (non-hydrogen) atoms. The van der Waals surface area contributed by atoms with Gasteiger partial charge in [-0.2, -0.15) is 0 Å². The van der Waals surface area contributed by atoms with E-state index in [4.69, 9.17) is 9.47 Å². The standard InChI is InChI=1S/C23H28N2O5S/c1-15(18-8-7-17-5-4-6-19(17)13-18)24-23(26)16(2)25(31(3,27)28)20-9-10-21-22(14-20)30-12-11-29-21/h7-10,13-16H,4-6,11-12H2,1-3H3,(H,24,26)/t15-,16-/m0/s1. The maximum absolute atomic E-state index is 13.0. The van der Waals surface area contributed by atoms with Crippen LogP contribution in [0.5, 0.6) is 11.5 Å². The number of rotatable bonds is 6. The van der Waals surface area contributed by atoms with Gasteiger partial charge in [0.2, 0.25) is 15.9 Å². The summed E-state index contributed by atoms with van der Waals surface area (Å²) in [6, 6.07) is 10.0. The molecule has 7 nitrogen and oxygen atoms in total. The second-order valence-electron chi connectivity index (χ2n) is 8.17. The molecule has 0 fully saturated rings. The molecule has 4 rings (SSSR count). The van der Waals surface area contributed by atoms with E-state index in [0.29, 0.717) is 30.4 Å². The van der Waals surface area contributed by atoms with Crippen LogP contribution in [0.25, 0.3) is 0 Å². The number of benzene rings is 2. The molecule has 2 aromatic carbocycles. The lowest BCUT2D eigenvalue weighted by molar-refractivity contribution is -0.122. The monoisotopic (exact) mass is 444 g/mol. The Labute approximate surface area is 183 Å². The minimum Gasteiger partial charge on any atom is -0.486 e. The van der Waals surface area contributed by atoms with Gasteiger partial charge in [0.05, 0.1) is 18.0 Å². The van der Waals surface area contributed by atoms with Gasteiger partial charge in [0, 0.05) is 6.07 Å². The molecule has 0 radical (unpaired) electrons. The van der Waals surface area contributed by atoms with Crippen molar-refractivity contribution in [2.24, 2.45) is 0 Å². The Morgan fingerprint density at radius 2 is 1.71 bits per heavy atom. The molecule has 1 aliphatic carbocycles. The van der Waals surface area contributed by atoms with Gasteiger partial charge in [0.1, 0.15) is 19.3 Å². The third kappa shape index (κ3) is 4.49. The highest BCUT2D eigenvalue weighted by Gasteiger charge is 2.31. The first-order chi connectivity index (χ1) is 14.7. The molecule has 2 aliphatic rings. The topological polar surface area (TPSA) is 84.9 Å². The number of fused-ring (bicyclic) bond motifs is 2. The molecular formula is C23H28N2O5S. The van der Waals surface area contributed by atoms with E-state index >= 15 is 0 Å². The Kier molecular flexibility index (Phi) is 5.83. The van der Waals surface area contributed by atoms with Crippen molar-refractivity contribution < 1.29 is 22.7 Å². The molecule has 1 N–H and O–H groups in total. The number of anilines is 1. The molecule has 0 saturated heterocycles. The third-order valence-electron chi connectivity index (χ3n) is 5.85. The molecular weight excluding hydrogens is 416 g/mol. The summed E-state index contributed by atoms with van der Waals surface area (Å²) in [5, 5.41) is 2.97. The maximum Gasteiger partial charge on any atom is 0.244 e. The van der Waals surface area contributed by atoms with Gasteiger partial charge >= 0.3 is 0 Å². The maximum atomic E-state index is 13.0. The quantitative estimate of drug-likeness (QED) is 0.741. The zero-order chi connectivity index (χ0) is 22.2. The highest BCUT2D eigenvalue weighted by molar-refractivity contribution is 7.92. The van der Waals surface area contributed by atoms with Crippen molar-refractivity contribution in [3.63, 3.8) is 0 Å². The van der Waals surface area contributed by atoms with Crippen LogP contribution in [0.4, 0.5) is 5.69 Å². The van der Waals surface area contributed by atoms with Crippen LogP contribution >= 0.6 is 0 Å². The molecule has 0 aromatic heterocycles. The van der Waals surface area contributed by atoms with Crippen LogP contribution in [0.3, 0.4) is 0 Å². The van der Waals surface area contributed by atoms with Crippen LogP contribution in [0.1, 0.15) is 43.0 Å². The highest BCUT2D eigenvalue weighted by Crippen LogP contribution is 2.35. The Morgan fingerprint density at radius 3 is 2.45 bits per heavy atom. The lowest BCUT2D eigenvalue weighted by Gasteiger charge is -2.30. The van der Waals surface area contributed by atoms with E-state index in [-0.39, 0.29) is 11.9 Å². The molecule has 0 spiro atoms. The zero-order valence-electron chi connectivity index (χ0n) is 18.1. The molecule has 0 saturated carbocycles. The van der Waals surface area contributed by atoms with Crippen LogP contribution in [0.15, 0.2) is 36.4 Å². The summed E-state index contributed by atoms with van der Waals surface area (Å²) in [6.07, 6.45) is 4.42. The van der Waals surface area contributed by atoms with Gasteiger partial charge in [0.15, 0.2) is 11.5 Å². The van der Waals surface area contributed by atoms with E-state index in [9.17, 15) is 13.2 Å². The summed E-state index contributed by atoms with van der Waals surface area (Å²) in [5.41, 5.74) is 4.09. The molecule has 2 atom stereocenters. The first-order valence-corrected chi connectivity index (χ1v) is 12.4. The van der Waals surface area contributed by atoms with Crippen molar-refractivity contribution in [3.8, 4) is 11.5 Å². The van der Waals surface area contributed by atoms with Crippen molar-refractivity contribution in [1.29, 1.82) is 0 Å². The summed E-state index contributed by atoms with van der Waals surface area (Å²) in [5.74, 6) is 0.663. The molecule has 1 aliphatic heterocycles. The summed E-state index contributed by atoms with van der Waals surface area (Å²) >= 11 is 0. The number of amides is 1. The van der Waals surface area contributed by atoms with Crippen molar-refractivity contribution >= 4 is 21.6 Å². The molecule has 1 amide bonds. The number of hydrogen-bond acceptors (Lipinski definition) is 5. The van der Waals surface area contributed by atoms with Crippen LogP contribution in [0, 0.1) is 0 Å². The Balaban J connectivity index is 1.54. The fraction of sp³-hybridized carbons (Fsp3) is 0.435. The second-order valence-corrected chi connectivity index (χ2v) is 10.0. The second kappa shape index (κ2) is 8.42. The predicted octanol–water partition coefficient (Wildman–Crippen LogP) is 2.98. The first-order valence-electron chi connectivity index (χ1n) is 10.5. The van der Waals surface area contributed by atoms with E-state index in [1.165, 1.54) is 11.1 Å². The number of aryl methyl sites for hydroxylation is 2. The van der Waals surface area contributed by atoms with E-state index in [0.717, 1.165) is 35.4 Å². The van der Waals surface area contributed by atoms with Gasteiger partial charge in [-0.05, 0) is 61.9 Å². The number of nitrogens with one attached hydrogen (secondary N) is 1. The Morgan fingerprint density at radius 1 is 1.00 bits per heavy atom. The summed E-state index contributed by atoms with van der Waals surface area (Å²) in [4.78, 5) is 13.0. The molecule has 8 heteroatoms. The van der Waals surface area contributed by atoms with Gasteiger partial charge in [-0.15, -0.1) is 0 Å². The molecule has 166 valence electrons. The average molecular weight is 445 g/mol. The van der Waals surface area contributed by atoms with Crippen LogP contribution in [-0.2, 0) is 27.7 Å². The Hall–Kier alpha value is -2.74. The summed E-state index contributed by atoms with van der Waals surface area (Å²) < 4.78 is 37.4. The fourth-order valence-electron chi connectivity index (χ4n) is 4.26. The van der Waals surface area contributed by atoms with Crippen LogP contribution < -0.4 is 19.1 Å². The van der Waals surface area contributed by atoms with E-state index in [1.807, 2.05) is 13.0 Å². The van der Waals surface area contributed by atoms with Gasteiger partial charge in [-0.1, -0.05) is 18.2 Å². The number of hydrogen-bond donors (Lipinski definition) is 1. The number of sulfonamides is 1. The number of nitrogens with zero attached hydrogens (tertiary/aromatic N) is 1.